The summed E-state index contributed by atoms with van der Waals surface area (Å²) >= 11 is 0. The normalized spacial score (nSPS) is 12.0. The molecular formula is C136H84N8. The zero-order valence-corrected chi connectivity index (χ0v) is 78.1. The molecule has 10 heterocycles. The van der Waals surface area contributed by atoms with Crippen LogP contribution in [0.2, 0.25) is 0 Å². The summed E-state index contributed by atoms with van der Waals surface area (Å²) in [4.78, 5) is 10.9. The van der Waals surface area contributed by atoms with E-state index in [0.29, 0.717) is 0 Å². The van der Waals surface area contributed by atoms with E-state index in [9.17, 15) is 0 Å². The Morgan fingerprint density at radius 2 is 0.444 bits per heavy atom. The third-order valence-electron chi connectivity index (χ3n) is 30.3. The fraction of sp³-hybridized carbons (Fsp3) is 0. The second-order valence-corrected chi connectivity index (χ2v) is 37.9. The van der Waals surface area contributed by atoms with Gasteiger partial charge < -0.3 is 22.3 Å². The van der Waals surface area contributed by atoms with E-state index in [1.54, 1.807) is 0 Å². The summed E-state index contributed by atoms with van der Waals surface area (Å²) in [6, 6.07) is 185. The van der Waals surface area contributed by atoms with E-state index in [-0.39, 0.29) is 0 Å². The quantitative estimate of drug-likeness (QED) is 0.130. The molecule has 144 heavy (non-hydrogen) atoms. The zero-order valence-electron chi connectivity index (χ0n) is 78.1. The lowest BCUT2D eigenvalue weighted by Crippen LogP contribution is -2.04. The maximum Gasteiger partial charge on any atom is 0.165 e. The number of benzene rings is 22. The van der Waals surface area contributed by atoms with Crippen LogP contribution in [0.5, 0.6) is 0 Å². The van der Waals surface area contributed by atoms with Gasteiger partial charge in [0, 0.05) is 109 Å². The van der Waals surface area contributed by atoms with Crippen LogP contribution in [0.3, 0.4) is 0 Å². The summed E-state index contributed by atoms with van der Waals surface area (Å²) in [5.74, 6) is 0.820. The predicted molar refractivity (Wildman–Crippen MR) is 605 cm³/mol. The Kier molecular flexibility index (Phi) is 18.0. The highest BCUT2D eigenvalue weighted by Crippen LogP contribution is 2.57. The summed E-state index contributed by atoms with van der Waals surface area (Å²) in [5, 5.41) is 23.8. The van der Waals surface area contributed by atoms with Gasteiger partial charge in [-0.05, 0) is 150 Å². The van der Waals surface area contributed by atoms with Gasteiger partial charge in [0.2, 0.25) is 0 Å². The molecule has 0 radical (unpaired) electrons. The lowest BCUT2D eigenvalue weighted by Gasteiger charge is -2.15. The number of hydrogen-bond acceptors (Lipinski definition) is 2. The maximum absolute atomic E-state index is 5.51. The third kappa shape index (κ3) is 11.8. The highest BCUT2D eigenvalue weighted by Gasteiger charge is 2.35. The van der Waals surface area contributed by atoms with Gasteiger partial charge in [0.25, 0.3) is 0 Å². The predicted octanol–water partition coefficient (Wildman–Crippen LogP) is 35.9. The number of hydrogen-bond donors (Lipinski definition) is 0. The van der Waals surface area contributed by atoms with Crippen LogP contribution in [0.15, 0.2) is 510 Å². The molecule has 0 spiro atoms. The van der Waals surface area contributed by atoms with Crippen molar-refractivity contribution in [1.29, 1.82) is 0 Å². The summed E-state index contributed by atoms with van der Waals surface area (Å²) in [6.45, 7) is 0. The maximum atomic E-state index is 5.51. The molecule has 10 aromatic heterocycles. The standard InChI is InChI=1S/C50H30N4.C44H28N2.C42H26N2/c1-4-17-31(18-5-1)42-44-36-24-10-11-25-37(36)48-45-43-35(34-23-12-15-29-40(34)53(49(44)45)47(42)33-21-8-3-9-22-33)26-16-30-41(43)54(48)50-46(32-19-6-2-7-20-32)51-38-27-13-14-28-39(38)52-50;1-4-14-29(15-5-1)32-20-12-21-33(28-32)45-38-25-13-23-35-34-22-10-11-24-37(34)46-43(31-18-8-3-9-19-31)40(30-16-6-2-7-17-30)36-26-27-39(45)42(41(35)38)44(36)46;1-4-15-27(16-5-1)36-38-32-22-10-11-23-33(32)41-39-37-31(24-14-26-35(37)43(41)29-19-8-3-9-20-29)30-21-12-13-25-34(30)44(42(38)39)40(36)28-17-6-2-7-18-28/h1-30H;1-28H;1-26H. The first kappa shape index (κ1) is 80.8. The van der Waals surface area contributed by atoms with Crippen LogP contribution in [0.25, 0.3) is 286 Å². The molecule has 0 N–H and O–H groups in total. The number of para-hydroxylation sites is 6. The number of rotatable bonds is 11. The minimum atomic E-state index is 0.820. The lowest BCUT2D eigenvalue weighted by molar-refractivity contribution is 1.08. The van der Waals surface area contributed by atoms with E-state index in [2.05, 4.69) is 524 Å². The lowest BCUT2D eigenvalue weighted by atomic mass is 9.93. The minimum Gasteiger partial charge on any atom is -0.309 e. The topological polar surface area (TPSA) is 53.8 Å². The second kappa shape index (κ2) is 32.2. The van der Waals surface area contributed by atoms with E-state index in [1.165, 1.54) is 241 Å². The molecule has 0 fully saturated rings. The molecule has 32 rings (SSSR count). The zero-order chi connectivity index (χ0) is 94.3. The van der Waals surface area contributed by atoms with Crippen molar-refractivity contribution in [1.82, 2.24) is 36.9 Å². The highest BCUT2D eigenvalue weighted by molar-refractivity contribution is 6.42. The summed E-state index contributed by atoms with van der Waals surface area (Å²) in [5.41, 5.74) is 37.5. The van der Waals surface area contributed by atoms with E-state index in [1.807, 2.05) is 12.1 Å². The molecule has 0 unspecified atom stereocenters. The molecule has 0 aliphatic carbocycles. The number of fused-ring (bicyclic) bond motifs is 16. The Morgan fingerprint density at radius 1 is 0.146 bits per heavy atom. The van der Waals surface area contributed by atoms with Crippen LogP contribution in [-0.4, -0.2) is 36.9 Å². The average molecular weight is 1830 g/mol. The molecule has 0 bridgehead atoms. The Bertz CT molecular complexity index is 10700. The van der Waals surface area contributed by atoms with E-state index in [4.69, 9.17) is 9.97 Å². The van der Waals surface area contributed by atoms with Gasteiger partial charge in [0.1, 0.15) is 5.69 Å². The number of aromatic nitrogens is 8. The number of nitrogens with zero attached hydrogens (tertiary/aromatic N) is 8. The average Bonchev–Trinajstić information content (AvgIpc) is 1.51. The molecule has 0 amide bonds. The van der Waals surface area contributed by atoms with E-state index in [0.717, 1.165) is 44.8 Å². The van der Waals surface area contributed by atoms with Crippen LogP contribution < -0.4 is 0 Å². The van der Waals surface area contributed by atoms with Crippen molar-refractivity contribution in [2.45, 2.75) is 0 Å². The smallest absolute Gasteiger partial charge is 0.165 e. The van der Waals surface area contributed by atoms with Crippen molar-refractivity contribution in [3.8, 4) is 107 Å². The van der Waals surface area contributed by atoms with Gasteiger partial charge >= 0.3 is 0 Å². The highest BCUT2D eigenvalue weighted by atomic mass is 15.1. The van der Waals surface area contributed by atoms with Crippen LogP contribution in [0.1, 0.15) is 0 Å². The summed E-state index contributed by atoms with van der Waals surface area (Å²) in [6.07, 6.45) is 0. The van der Waals surface area contributed by atoms with Crippen molar-refractivity contribution in [2.75, 3.05) is 0 Å². The van der Waals surface area contributed by atoms with Gasteiger partial charge in [-0.15, -0.1) is 0 Å². The summed E-state index contributed by atoms with van der Waals surface area (Å²) < 4.78 is 15.1. The molecule has 0 aliphatic heterocycles. The SMILES string of the molecule is c1ccc(-c2c(-c3ccccc3)n3c4ccccc4c4cccc5c4c4c(c6ccccc6c2c43)n5-c2ccccc2)cc1.c1ccc(-c2cccc(-n3c4cccc5c6ccccc6n6c(-c7ccccc7)c(-c7ccccc7)c7ccc3c(c54)c76)c2)cc1.c1ccc(-c2nc3ccccc3nc2-n2c3cccc4c5ccccc5n5c(-c6ccccc6)c(-c6ccccc6)c6c7ccccc7c2c(c43)c65)cc1. The van der Waals surface area contributed by atoms with E-state index < -0.39 is 0 Å². The van der Waals surface area contributed by atoms with Crippen molar-refractivity contribution < 1.29 is 0 Å². The van der Waals surface area contributed by atoms with E-state index >= 15 is 0 Å². The van der Waals surface area contributed by atoms with Crippen molar-refractivity contribution in [2.24, 2.45) is 0 Å². The first-order chi connectivity index (χ1) is 71.6. The Hall–Kier alpha value is -19.3. The molecule has 32 aromatic rings. The molecule has 0 saturated heterocycles. The monoisotopic (exact) mass is 1830 g/mol. The first-order valence-electron chi connectivity index (χ1n) is 49.5. The summed E-state index contributed by atoms with van der Waals surface area (Å²) in [7, 11) is 0. The molecule has 0 saturated carbocycles. The van der Waals surface area contributed by atoms with Gasteiger partial charge in [-0.3, -0.25) is 4.57 Å². The molecule has 8 nitrogen and oxygen atoms in total. The molecule has 22 aromatic carbocycles. The van der Waals surface area contributed by atoms with Gasteiger partial charge in [-0.2, -0.15) is 0 Å². The molecule has 668 valence electrons. The van der Waals surface area contributed by atoms with Crippen LogP contribution in [-0.2, 0) is 0 Å². The molecular weight excluding hydrogens is 1750 g/mol. The molecule has 0 aliphatic rings. The second-order valence-electron chi connectivity index (χ2n) is 37.9. The minimum absolute atomic E-state index is 0.820. The Morgan fingerprint density at radius 3 is 0.910 bits per heavy atom. The fourth-order valence-corrected chi connectivity index (χ4v) is 24.6. The Labute approximate surface area is 826 Å². The Balaban J connectivity index is 0.000000101. The first-order valence-corrected chi connectivity index (χ1v) is 49.5. The van der Waals surface area contributed by atoms with Gasteiger partial charge in [-0.1, -0.05) is 431 Å². The molecule has 0 atom stereocenters. The fourth-order valence-electron chi connectivity index (χ4n) is 24.6. The van der Waals surface area contributed by atoms with Gasteiger partial charge in [-0.25, -0.2) is 9.97 Å². The van der Waals surface area contributed by atoms with Gasteiger partial charge in [0.15, 0.2) is 5.82 Å². The van der Waals surface area contributed by atoms with Crippen molar-refractivity contribution in [3.63, 3.8) is 0 Å². The molecule has 8 heteroatoms. The van der Waals surface area contributed by atoms with Crippen LogP contribution in [0, 0.1) is 0 Å². The van der Waals surface area contributed by atoms with Crippen molar-refractivity contribution >= 4 is 180 Å². The van der Waals surface area contributed by atoms with Crippen LogP contribution in [0.4, 0.5) is 0 Å². The largest absolute Gasteiger partial charge is 0.309 e. The van der Waals surface area contributed by atoms with Gasteiger partial charge in [0.05, 0.1) is 94.3 Å². The van der Waals surface area contributed by atoms with Crippen LogP contribution >= 0.6 is 0 Å². The van der Waals surface area contributed by atoms with Crippen molar-refractivity contribution in [3.05, 3.63) is 510 Å². The third-order valence-corrected chi connectivity index (χ3v) is 30.3.